The summed E-state index contributed by atoms with van der Waals surface area (Å²) in [5.41, 5.74) is 6.11. The van der Waals surface area contributed by atoms with Crippen molar-refractivity contribution in [3.05, 3.63) is 107 Å². The van der Waals surface area contributed by atoms with Gasteiger partial charge in [0.25, 0.3) is 0 Å². The van der Waals surface area contributed by atoms with Crippen LogP contribution in [0.15, 0.2) is 96.1 Å². The molecule has 1 aliphatic heterocycles. The first-order chi connectivity index (χ1) is 15.7. The fraction of sp³-hybridized carbons (Fsp3) is 0.233. The summed E-state index contributed by atoms with van der Waals surface area (Å²) in [4.78, 5) is 4.92. The average Bonchev–Trinajstić information content (AvgIpc) is 3.14. The SMILES string of the molecule is CC1C=CC/C=C\C(C)/C(c2ccc3c(c2)c2c(n3-c3ccccc3)=NCCC=2)=C\C=C/1. The van der Waals surface area contributed by atoms with E-state index in [1.54, 1.807) is 0 Å². The van der Waals surface area contributed by atoms with Gasteiger partial charge in [0, 0.05) is 22.8 Å². The highest BCUT2D eigenvalue weighted by molar-refractivity contribution is 5.87. The largest absolute Gasteiger partial charge is 0.294 e. The summed E-state index contributed by atoms with van der Waals surface area (Å²) < 4.78 is 2.31. The zero-order valence-corrected chi connectivity index (χ0v) is 18.9. The summed E-state index contributed by atoms with van der Waals surface area (Å²) in [6.07, 6.45) is 20.3. The molecule has 2 heteroatoms. The van der Waals surface area contributed by atoms with Crippen molar-refractivity contribution in [2.24, 2.45) is 16.8 Å². The molecule has 1 aliphatic carbocycles. The Bertz CT molecular complexity index is 1360. The van der Waals surface area contributed by atoms with Gasteiger partial charge in [-0.2, -0.15) is 0 Å². The maximum atomic E-state index is 4.92. The van der Waals surface area contributed by atoms with Crippen molar-refractivity contribution in [3.63, 3.8) is 0 Å². The fourth-order valence-electron chi connectivity index (χ4n) is 4.72. The zero-order valence-electron chi connectivity index (χ0n) is 18.9. The van der Waals surface area contributed by atoms with Crippen LogP contribution in [0.2, 0.25) is 0 Å². The molecule has 2 aromatic carbocycles. The molecule has 3 aromatic rings. The van der Waals surface area contributed by atoms with E-state index in [9.17, 15) is 0 Å². The smallest absolute Gasteiger partial charge is 0.140 e. The van der Waals surface area contributed by atoms with Crippen LogP contribution in [0.1, 0.15) is 32.3 Å². The highest BCUT2D eigenvalue weighted by Crippen LogP contribution is 2.28. The summed E-state index contributed by atoms with van der Waals surface area (Å²) in [6.45, 7) is 5.38. The topological polar surface area (TPSA) is 17.3 Å². The van der Waals surface area contributed by atoms with Gasteiger partial charge in [-0.1, -0.05) is 86.7 Å². The predicted molar refractivity (Wildman–Crippen MR) is 136 cm³/mol. The maximum Gasteiger partial charge on any atom is 0.140 e. The minimum absolute atomic E-state index is 0.347. The van der Waals surface area contributed by atoms with E-state index >= 15 is 0 Å². The van der Waals surface area contributed by atoms with Crippen LogP contribution in [0.3, 0.4) is 0 Å². The lowest BCUT2D eigenvalue weighted by Gasteiger charge is -2.13. The lowest BCUT2D eigenvalue weighted by Crippen LogP contribution is -2.31. The molecule has 2 aliphatic rings. The molecule has 160 valence electrons. The van der Waals surface area contributed by atoms with Crippen LogP contribution in [0.25, 0.3) is 28.2 Å². The first-order valence-corrected chi connectivity index (χ1v) is 11.7. The second kappa shape index (κ2) is 9.00. The molecule has 0 N–H and O–H groups in total. The standard InChI is InChI=1S/C30H30N2/c1-22-11-5-3-6-13-23(2)26(16-9-12-22)24-18-19-29-28(21-24)27-17-10-20-31-30(27)32(29)25-14-7-4-8-15-25/h4-9,11-19,21-23H,3,10,20H2,1-2H3/b11-5?,12-9-,13-6-,26-16+. The Morgan fingerprint density at radius 3 is 2.66 bits per heavy atom. The van der Waals surface area contributed by atoms with Gasteiger partial charge in [0.2, 0.25) is 0 Å². The molecule has 2 atom stereocenters. The summed E-state index contributed by atoms with van der Waals surface area (Å²) in [5, 5.41) is 2.56. The van der Waals surface area contributed by atoms with E-state index in [1.165, 1.54) is 32.9 Å². The third kappa shape index (κ3) is 3.93. The molecule has 2 nitrogen and oxygen atoms in total. The molecule has 0 bridgehead atoms. The van der Waals surface area contributed by atoms with Gasteiger partial charge in [0.05, 0.1) is 5.52 Å². The van der Waals surface area contributed by atoms with Crippen LogP contribution in [-0.4, -0.2) is 11.1 Å². The number of allylic oxidation sites excluding steroid dienone is 8. The fourth-order valence-corrected chi connectivity index (χ4v) is 4.72. The Kier molecular flexibility index (Phi) is 5.77. The molecular formula is C30H30N2. The normalized spacial score (nSPS) is 24.4. The molecule has 32 heavy (non-hydrogen) atoms. The van der Waals surface area contributed by atoms with Gasteiger partial charge in [-0.3, -0.25) is 9.56 Å². The Morgan fingerprint density at radius 1 is 0.938 bits per heavy atom. The molecule has 2 heterocycles. The van der Waals surface area contributed by atoms with Crippen LogP contribution < -0.4 is 10.7 Å². The second-order valence-electron chi connectivity index (χ2n) is 8.76. The highest BCUT2D eigenvalue weighted by atomic mass is 15.0. The summed E-state index contributed by atoms with van der Waals surface area (Å²) in [5.74, 6) is 0.791. The summed E-state index contributed by atoms with van der Waals surface area (Å²) in [6, 6.07) is 17.5. The Hall–Kier alpha value is -3.39. The van der Waals surface area contributed by atoms with Gasteiger partial charge in [0.15, 0.2) is 0 Å². The third-order valence-corrected chi connectivity index (χ3v) is 6.38. The van der Waals surface area contributed by atoms with Gasteiger partial charge in [-0.25, -0.2) is 0 Å². The second-order valence-corrected chi connectivity index (χ2v) is 8.76. The molecular weight excluding hydrogens is 388 g/mol. The van der Waals surface area contributed by atoms with Gasteiger partial charge < -0.3 is 0 Å². The monoisotopic (exact) mass is 418 g/mol. The van der Waals surface area contributed by atoms with Crippen LogP contribution in [0, 0.1) is 11.8 Å². The number of hydrogen-bond donors (Lipinski definition) is 0. The Labute approximate surface area is 190 Å². The van der Waals surface area contributed by atoms with Crippen LogP contribution in [-0.2, 0) is 0 Å². The van der Waals surface area contributed by atoms with E-state index in [2.05, 4.69) is 116 Å². The Morgan fingerprint density at radius 2 is 1.78 bits per heavy atom. The van der Waals surface area contributed by atoms with Crippen molar-refractivity contribution in [2.75, 3.05) is 6.54 Å². The summed E-state index contributed by atoms with van der Waals surface area (Å²) >= 11 is 0. The van der Waals surface area contributed by atoms with Crippen molar-refractivity contribution >= 4 is 22.6 Å². The first kappa shape index (κ1) is 20.5. The lowest BCUT2D eigenvalue weighted by atomic mass is 9.91. The molecule has 5 rings (SSSR count). The maximum absolute atomic E-state index is 4.92. The highest BCUT2D eigenvalue weighted by Gasteiger charge is 2.15. The predicted octanol–water partition coefficient (Wildman–Crippen LogP) is 6.16. The number of nitrogens with zero attached hydrogens (tertiary/aromatic N) is 2. The zero-order chi connectivity index (χ0) is 21.9. The van der Waals surface area contributed by atoms with E-state index in [0.29, 0.717) is 11.8 Å². The van der Waals surface area contributed by atoms with E-state index < -0.39 is 0 Å². The van der Waals surface area contributed by atoms with Crippen LogP contribution in [0.4, 0.5) is 0 Å². The molecule has 0 amide bonds. The van der Waals surface area contributed by atoms with E-state index in [1.807, 2.05) is 0 Å². The Balaban J connectivity index is 1.69. The molecule has 0 radical (unpaired) electrons. The van der Waals surface area contributed by atoms with Gasteiger partial charge >= 0.3 is 0 Å². The molecule has 2 unspecified atom stereocenters. The number of fused-ring (bicyclic) bond motifs is 3. The van der Waals surface area contributed by atoms with Gasteiger partial charge in [0.1, 0.15) is 5.49 Å². The van der Waals surface area contributed by atoms with E-state index in [4.69, 9.17) is 4.99 Å². The van der Waals surface area contributed by atoms with Crippen molar-refractivity contribution < 1.29 is 0 Å². The van der Waals surface area contributed by atoms with Crippen molar-refractivity contribution in [2.45, 2.75) is 26.7 Å². The van der Waals surface area contributed by atoms with Gasteiger partial charge in [-0.15, -0.1) is 0 Å². The number of para-hydroxylation sites is 1. The van der Waals surface area contributed by atoms with E-state index in [0.717, 1.165) is 24.9 Å². The first-order valence-electron chi connectivity index (χ1n) is 11.7. The van der Waals surface area contributed by atoms with Gasteiger partial charge in [-0.05, 0) is 60.1 Å². The number of rotatable bonds is 2. The van der Waals surface area contributed by atoms with Crippen molar-refractivity contribution in [1.82, 2.24) is 4.57 Å². The molecule has 0 saturated carbocycles. The molecule has 0 fully saturated rings. The number of hydrogen-bond acceptors (Lipinski definition) is 1. The molecule has 1 aromatic heterocycles. The minimum Gasteiger partial charge on any atom is -0.294 e. The van der Waals surface area contributed by atoms with Crippen LogP contribution in [0.5, 0.6) is 0 Å². The molecule has 0 saturated heterocycles. The summed E-state index contributed by atoms with van der Waals surface area (Å²) in [7, 11) is 0. The lowest BCUT2D eigenvalue weighted by molar-refractivity contribution is 0.891. The number of aromatic nitrogens is 1. The van der Waals surface area contributed by atoms with Crippen molar-refractivity contribution in [3.8, 4) is 5.69 Å². The van der Waals surface area contributed by atoms with E-state index in [-0.39, 0.29) is 0 Å². The number of benzene rings is 2. The van der Waals surface area contributed by atoms with Crippen molar-refractivity contribution in [1.29, 1.82) is 0 Å². The quantitative estimate of drug-likeness (QED) is 0.443. The molecule has 0 spiro atoms. The average molecular weight is 419 g/mol. The third-order valence-electron chi connectivity index (χ3n) is 6.38. The van der Waals surface area contributed by atoms with Crippen LogP contribution >= 0.6 is 0 Å². The minimum atomic E-state index is 0.347.